The van der Waals surface area contributed by atoms with E-state index in [1.807, 2.05) is 55.7 Å². The van der Waals surface area contributed by atoms with Crippen LogP contribution in [-0.4, -0.2) is 30.8 Å². The van der Waals surface area contributed by atoms with Crippen LogP contribution in [0, 0.1) is 12.8 Å². The summed E-state index contributed by atoms with van der Waals surface area (Å²) >= 11 is 0. The molecular weight excluding hydrogens is 438 g/mol. The summed E-state index contributed by atoms with van der Waals surface area (Å²) in [7, 11) is 2.09. The molecule has 0 radical (unpaired) electrons. The summed E-state index contributed by atoms with van der Waals surface area (Å²) in [6.45, 7) is 2.72. The molecular formula is C28H25N5O2. The van der Waals surface area contributed by atoms with Crippen molar-refractivity contribution in [1.29, 1.82) is 0 Å². The minimum Gasteiger partial charge on any atom is -0.347 e. The normalized spacial score (nSPS) is 16.6. The molecule has 0 bridgehead atoms. The Labute approximate surface area is 202 Å². The van der Waals surface area contributed by atoms with Gasteiger partial charge in [-0.15, -0.1) is 0 Å². The third-order valence-corrected chi connectivity index (χ3v) is 6.99. The number of aromatic nitrogens is 4. The molecule has 0 aliphatic heterocycles. The molecule has 1 aliphatic rings. The molecule has 0 spiro atoms. The van der Waals surface area contributed by atoms with Gasteiger partial charge in [-0.2, -0.15) is 0 Å². The molecule has 2 aromatic carbocycles. The second-order valence-electron chi connectivity index (χ2n) is 9.03. The van der Waals surface area contributed by atoms with Gasteiger partial charge in [-0.25, -0.2) is 9.78 Å². The molecule has 3 heterocycles. The van der Waals surface area contributed by atoms with E-state index in [9.17, 15) is 4.79 Å². The number of imidazole rings is 1. The summed E-state index contributed by atoms with van der Waals surface area (Å²) in [6.07, 6.45) is 7.17. The average Bonchev–Trinajstić information content (AvgIpc) is 3.43. The van der Waals surface area contributed by atoms with Crippen molar-refractivity contribution in [2.24, 2.45) is 18.1 Å². The highest BCUT2D eigenvalue weighted by Gasteiger charge is 2.32. The lowest BCUT2D eigenvalue weighted by molar-refractivity contribution is 0.0513. The topological polar surface area (TPSA) is 74.3 Å². The van der Waals surface area contributed by atoms with Crippen molar-refractivity contribution in [2.75, 3.05) is 0 Å². The first-order valence-electron chi connectivity index (χ1n) is 11.8. The van der Waals surface area contributed by atoms with Gasteiger partial charge in [0, 0.05) is 65.6 Å². The maximum atomic E-state index is 13.0. The van der Waals surface area contributed by atoms with Gasteiger partial charge in [0.25, 0.3) is 0 Å². The standard InChI is InChI=1S/C28H25N5O2/c1-18-29-13-14-33(18)17-20-11-12-25-26(22-8-4-6-10-24(22)32(25)2)27(20)31-35-28(34)21-15-19-7-3-5-9-23(19)30-16-21/h3-10,13-16,20H,11-12,17H2,1-2H3. The van der Waals surface area contributed by atoms with Crippen molar-refractivity contribution < 1.29 is 9.63 Å². The lowest BCUT2D eigenvalue weighted by atomic mass is 9.84. The molecule has 1 aliphatic carbocycles. The Bertz CT molecular complexity index is 1610. The first kappa shape index (κ1) is 21.3. The quantitative estimate of drug-likeness (QED) is 0.276. The number of para-hydroxylation sites is 2. The Hall–Kier alpha value is -4.26. The minimum atomic E-state index is -0.513. The van der Waals surface area contributed by atoms with Crippen LogP contribution in [0.2, 0.25) is 0 Å². The first-order chi connectivity index (χ1) is 17.1. The van der Waals surface area contributed by atoms with Gasteiger partial charge < -0.3 is 14.0 Å². The molecule has 5 aromatic rings. The van der Waals surface area contributed by atoms with Gasteiger partial charge in [0.2, 0.25) is 0 Å². The predicted molar refractivity (Wildman–Crippen MR) is 135 cm³/mol. The van der Waals surface area contributed by atoms with Crippen LogP contribution < -0.4 is 0 Å². The van der Waals surface area contributed by atoms with Crippen LogP contribution in [-0.2, 0) is 24.9 Å². The van der Waals surface area contributed by atoms with Gasteiger partial charge >= 0.3 is 5.97 Å². The van der Waals surface area contributed by atoms with E-state index in [4.69, 9.17) is 4.84 Å². The summed E-state index contributed by atoms with van der Waals surface area (Å²) in [5.74, 6) is 0.525. The Morgan fingerprint density at radius 2 is 1.97 bits per heavy atom. The molecule has 0 N–H and O–H groups in total. The zero-order valence-corrected chi connectivity index (χ0v) is 19.7. The maximum absolute atomic E-state index is 13.0. The summed E-state index contributed by atoms with van der Waals surface area (Å²) in [6, 6.07) is 17.8. The van der Waals surface area contributed by atoms with E-state index in [1.54, 1.807) is 12.3 Å². The number of nitrogens with zero attached hydrogens (tertiary/aromatic N) is 5. The Morgan fingerprint density at radius 1 is 1.14 bits per heavy atom. The van der Waals surface area contributed by atoms with Crippen molar-refractivity contribution in [2.45, 2.75) is 26.3 Å². The molecule has 1 atom stereocenters. The zero-order valence-electron chi connectivity index (χ0n) is 19.7. The Balaban J connectivity index is 1.40. The molecule has 35 heavy (non-hydrogen) atoms. The summed E-state index contributed by atoms with van der Waals surface area (Å²) in [5, 5.41) is 6.54. The van der Waals surface area contributed by atoms with E-state index in [-0.39, 0.29) is 5.92 Å². The van der Waals surface area contributed by atoms with Crippen LogP contribution in [0.5, 0.6) is 0 Å². The van der Waals surface area contributed by atoms with Crippen LogP contribution in [0.15, 0.2) is 78.3 Å². The van der Waals surface area contributed by atoms with Crippen LogP contribution in [0.25, 0.3) is 21.8 Å². The third kappa shape index (κ3) is 3.69. The molecule has 6 rings (SSSR count). The number of pyridine rings is 1. The molecule has 1 unspecified atom stereocenters. The van der Waals surface area contributed by atoms with Gasteiger partial charge in [0.15, 0.2) is 0 Å². The number of fused-ring (bicyclic) bond motifs is 4. The van der Waals surface area contributed by atoms with E-state index in [1.165, 1.54) is 5.69 Å². The second kappa shape index (κ2) is 8.51. The van der Waals surface area contributed by atoms with Crippen LogP contribution in [0.3, 0.4) is 0 Å². The number of rotatable bonds is 4. The molecule has 7 heteroatoms. The van der Waals surface area contributed by atoms with Gasteiger partial charge in [-0.3, -0.25) is 4.98 Å². The Kier molecular flexibility index (Phi) is 5.17. The summed E-state index contributed by atoms with van der Waals surface area (Å²) < 4.78 is 4.36. The van der Waals surface area contributed by atoms with Crippen LogP contribution >= 0.6 is 0 Å². The fourth-order valence-electron chi connectivity index (χ4n) is 5.13. The number of benzene rings is 2. The number of hydrogen-bond acceptors (Lipinski definition) is 5. The van der Waals surface area contributed by atoms with Crippen molar-refractivity contribution in [3.63, 3.8) is 0 Å². The fourth-order valence-corrected chi connectivity index (χ4v) is 5.13. The van der Waals surface area contributed by atoms with E-state index in [0.717, 1.165) is 58.3 Å². The molecule has 0 amide bonds. The van der Waals surface area contributed by atoms with E-state index in [0.29, 0.717) is 5.56 Å². The second-order valence-corrected chi connectivity index (χ2v) is 9.03. The van der Waals surface area contributed by atoms with Gasteiger partial charge in [0.05, 0.1) is 16.8 Å². The fraction of sp³-hybridized carbons (Fsp3) is 0.214. The highest BCUT2D eigenvalue weighted by Crippen LogP contribution is 2.35. The van der Waals surface area contributed by atoms with E-state index < -0.39 is 5.97 Å². The SMILES string of the molecule is Cc1nccn1CC1CCc2c(c3ccccc3n2C)C1=NOC(=O)c1cnc2ccccc2c1. The molecule has 0 saturated heterocycles. The van der Waals surface area contributed by atoms with Gasteiger partial charge in [-0.1, -0.05) is 41.6 Å². The molecule has 0 saturated carbocycles. The van der Waals surface area contributed by atoms with E-state index in [2.05, 4.69) is 43.4 Å². The lowest BCUT2D eigenvalue weighted by Gasteiger charge is -2.25. The molecule has 7 nitrogen and oxygen atoms in total. The van der Waals surface area contributed by atoms with Crippen molar-refractivity contribution in [3.05, 3.63) is 95.8 Å². The number of carbonyl (C=O) groups excluding carboxylic acids is 1. The van der Waals surface area contributed by atoms with Crippen LogP contribution in [0.4, 0.5) is 0 Å². The van der Waals surface area contributed by atoms with Crippen molar-refractivity contribution in [3.8, 4) is 0 Å². The van der Waals surface area contributed by atoms with Crippen LogP contribution in [0.1, 0.15) is 33.9 Å². The van der Waals surface area contributed by atoms with Crippen molar-refractivity contribution in [1.82, 2.24) is 19.1 Å². The smallest absolute Gasteiger partial charge is 0.347 e. The minimum absolute atomic E-state index is 0.0868. The van der Waals surface area contributed by atoms with Crippen molar-refractivity contribution >= 4 is 33.5 Å². The monoisotopic (exact) mass is 463 g/mol. The number of hydrogen-bond donors (Lipinski definition) is 0. The van der Waals surface area contributed by atoms with Gasteiger partial charge in [0.1, 0.15) is 5.82 Å². The highest BCUT2D eigenvalue weighted by atomic mass is 16.7. The maximum Gasteiger partial charge on any atom is 0.367 e. The first-order valence-corrected chi connectivity index (χ1v) is 11.8. The zero-order chi connectivity index (χ0) is 23.9. The molecule has 0 fully saturated rings. The molecule has 174 valence electrons. The largest absolute Gasteiger partial charge is 0.367 e. The third-order valence-electron chi connectivity index (χ3n) is 6.99. The number of aryl methyl sites for hydroxylation is 2. The summed E-state index contributed by atoms with van der Waals surface area (Å²) in [5.41, 5.74) is 5.45. The predicted octanol–water partition coefficient (Wildman–Crippen LogP) is 5.06. The number of carbonyl (C=O) groups is 1. The Morgan fingerprint density at radius 3 is 2.83 bits per heavy atom. The average molecular weight is 464 g/mol. The van der Waals surface area contributed by atoms with E-state index >= 15 is 0 Å². The summed E-state index contributed by atoms with van der Waals surface area (Å²) in [4.78, 5) is 27.3. The number of oxime groups is 1. The molecule has 3 aromatic heterocycles. The lowest BCUT2D eigenvalue weighted by Crippen LogP contribution is -2.28. The van der Waals surface area contributed by atoms with Gasteiger partial charge in [-0.05, 0) is 38.0 Å². The highest BCUT2D eigenvalue weighted by molar-refractivity contribution is 6.14.